The second-order valence-corrected chi connectivity index (χ2v) is 6.52. The first kappa shape index (κ1) is 19.2. The van der Waals surface area contributed by atoms with Gasteiger partial charge in [-0.15, -0.1) is 0 Å². The zero-order valence-electron chi connectivity index (χ0n) is 15.4. The van der Waals surface area contributed by atoms with E-state index in [9.17, 15) is 18.8 Å². The van der Waals surface area contributed by atoms with Crippen LogP contribution in [0.3, 0.4) is 0 Å². The molecule has 1 aliphatic rings. The topological polar surface area (TPSA) is 85.3 Å². The fourth-order valence-electron chi connectivity index (χ4n) is 3.32. The first-order chi connectivity index (χ1) is 14.5. The fraction of sp³-hybridized carbons (Fsp3) is 0.0435. The highest BCUT2D eigenvalue weighted by Gasteiger charge is 2.32. The minimum atomic E-state index is -0.879. The number of allylic oxidation sites excluding steroid dienone is 1. The average Bonchev–Trinajstić information content (AvgIpc) is 2.73. The van der Waals surface area contributed by atoms with Crippen molar-refractivity contribution in [3.05, 3.63) is 107 Å². The second-order valence-electron chi connectivity index (χ2n) is 6.52. The lowest BCUT2D eigenvalue weighted by atomic mass is 9.83. The molecule has 148 valence electrons. The number of hydrogen-bond acceptors (Lipinski definition) is 5. The van der Waals surface area contributed by atoms with E-state index in [1.54, 1.807) is 24.3 Å². The minimum Gasteiger partial charge on any atom is -0.440 e. The number of esters is 1. The summed E-state index contributed by atoms with van der Waals surface area (Å²) in [6.07, 6.45) is 0. The number of carbonyl (C=O) groups is 1. The molecule has 5 nitrogen and oxygen atoms in total. The maximum Gasteiger partial charge on any atom is 0.346 e. The molecule has 0 aliphatic carbocycles. The largest absolute Gasteiger partial charge is 0.440 e. The van der Waals surface area contributed by atoms with E-state index >= 15 is 0 Å². The van der Waals surface area contributed by atoms with E-state index < -0.39 is 23.5 Å². The maximum atomic E-state index is 14.5. The Kier molecular flexibility index (Phi) is 4.90. The predicted molar refractivity (Wildman–Crippen MR) is 103 cm³/mol. The normalized spacial score (nSPS) is 15.0. The Morgan fingerprint density at radius 2 is 1.70 bits per heavy atom. The van der Waals surface area contributed by atoms with Gasteiger partial charge in [0, 0.05) is 17.2 Å². The van der Waals surface area contributed by atoms with Crippen molar-refractivity contribution in [3.8, 4) is 17.6 Å². The van der Waals surface area contributed by atoms with Gasteiger partial charge in [0.25, 0.3) is 0 Å². The number of ether oxygens (including phenoxy) is 2. The van der Waals surface area contributed by atoms with Crippen molar-refractivity contribution >= 4 is 5.97 Å². The summed E-state index contributed by atoms with van der Waals surface area (Å²) < 4.78 is 39.0. The molecule has 4 rings (SSSR count). The molecule has 2 N–H and O–H groups in total. The summed E-state index contributed by atoms with van der Waals surface area (Å²) in [7, 11) is 0. The van der Waals surface area contributed by atoms with Crippen LogP contribution in [0.4, 0.5) is 8.78 Å². The van der Waals surface area contributed by atoms with E-state index in [2.05, 4.69) is 0 Å². The van der Waals surface area contributed by atoms with Gasteiger partial charge >= 0.3 is 5.97 Å². The molecule has 0 amide bonds. The molecule has 0 aromatic heterocycles. The van der Waals surface area contributed by atoms with Crippen molar-refractivity contribution in [2.24, 2.45) is 5.73 Å². The number of halogens is 2. The van der Waals surface area contributed by atoms with E-state index in [4.69, 9.17) is 15.2 Å². The van der Waals surface area contributed by atoms with Crippen LogP contribution in [-0.4, -0.2) is 5.97 Å². The molecule has 0 bridgehead atoms. The summed E-state index contributed by atoms with van der Waals surface area (Å²) >= 11 is 0. The molecule has 0 spiro atoms. The Morgan fingerprint density at radius 1 is 1.00 bits per heavy atom. The standard InChI is InChI=1S/C23H14F2N2O3/c24-18-7-3-1-5-14(18)21-16-10-9-13(11-20(16)30-22(27)17(21)12-26)29-23(28)15-6-2-4-8-19(15)25/h1-11,21H,27H2. The molecule has 0 radical (unpaired) electrons. The Balaban J connectivity index is 1.73. The summed E-state index contributed by atoms with van der Waals surface area (Å²) in [6.45, 7) is 0. The molecule has 7 heteroatoms. The van der Waals surface area contributed by atoms with Crippen LogP contribution in [-0.2, 0) is 0 Å². The molecule has 1 unspecified atom stereocenters. The van der Waals surface area contributed by atoms with Crippen molar-refractivity contribution in [2.75, 3.05) is 0 Å². The van der Waals surface area contributed by atoms with Crippen LogP contribution in [0.25, 0.3) is 0 Å². The fourth-order valence-corrected chi connectivity index (χ4v) is 3.32. The molecule has 1 atom stereocenters. The van der Waals surface area contributed by atoms with Crippen LogP contribution in [0.1, 0.15) is 27.4 Å². The van der Waals surface area contributed by atoms with Gasteiger partial charge in [0.2, 0.25) is 5.88 Å². The first-order valence-corrected chi connectivity index (χ1v) is 8.92. The third kappa shape index (κ3) is 3.35. The number of rotatable bonds is 3. The van der Waals surface area contributed by atoms with Gasteiger partial charge in [0.05, 0.1) is 11.5 Å². The molecule has 1 heterocycles. The quantitative estimate of drug-likeness (QED) is 0.517. The van der Waals surface area contributed by atoms with Crippen LogP contribution < -0.4 is 15.2 Å². The summed E-state index contributed by atoms with van der Waals surface area (Å²) in [5.74, 6) is -2.74. The smallest absolute Gasteiger partial charge is 0.346 e. The van der Waals surface area contributed by atoms with E-state index in [1.807, 2.05) is 6.07 Å². The van der Waals surface area contributed by atoms with Crippen LogP contribution in [0.2, 0.25) is 0 Å². The summed E-state index contributed by atoms with van der Waals surface area (Å²) in [4.78, 5) is 12.3. The average molecular weight is 404 g/mol. The Labute approximate surface area is 170 Å². The number of hydrogen-bond donors (Lipinski definition) is 1. The molecule has 0 saturated carbocycles. The van der Waals surface area contributed by atoms with Crippen molar-refractivity contribution in [1.29, 1.82) is 5.26 Å². The highest BCUT2D eigenvalue weighted by atomic mass is 19.1. The van der Waals surface area contributed by atoms with Crippen LogP contribution >= 0.6 is 0 Å². The summed E-state index contributed by atoms with van der Waals surface area (Å²) in [6, 6.07) is 17.9. The summed E-state index contributed by atoms with van der Waals surface area (Å²) in [5.41, 5.74) is 6.50. The predicted octanol–water partition coefficient (Wildman–Crippen LogP) is 4.40. The second kappa shape index (κ2) is 7.68. The van der Waals surface area contributed by atoms with Crippen molar-refractivity contribution < 1.29 is 23.0 Å². The molecule has 1 aliphatic heterocycles. The van der Waals surface area contributed by atoms with Crippen molar-refractivity contribution in [1.82, 2.24) is 0 Å². The highest BCUT2D eigenvalue weighted by molar-refractivity contribution is 5.91. The van der Waals surface area contributed by atoms with E-state index in [0.717, 1.165) is 6.07 Å². The Hall–Kier alpha value is -4.18. The van der Waals surface area contributed by atoms with Gasteiger partial charge in [-0.25, -0.2) is 13.6 Å². The lowest BCUT2D eigenvalue weighted by Crippen LogP contribution is -2.21. The third-order valence-electron chi connectivity index (χ3n) is 4.71. The summed E-state index contributed by atoms with van der Waals surface area (Å²) in [5, 5.41) is 9.54. The molecule has 0 saturated heterocycles. The first-order valence-electron chi connectivity index (χ1n) is 8.92. The van der Waals surface area contributed by atoms with Gasteiger partial charge < -0.3 is 15.2 Å². The molecule has 3 aromatic rings. The lowest BCUT2D eigenvalue weighted by Gasteiger charge is -2.27. The molecule has 0 fully saturated rings. The van der Waals surface area contributed by atoms with Crippen LogP contribution in [0.15, 0.2) is 78.2 Å². The van der Waals surface area contributed by atoms with E-state index in [0.29, 0.717) is 5.56 Å². The van der Waals surface area contributed by atoms with Crippen LogP contribution in [0, 0.1) is 23.0 Å². The van der Waals surface area contributed by atoms with Gasteiger partial charge in [0.1, 0.15) is 34.8 Å². The Morgan fingerprint density at radius 3 is 2.40 bits per heavy atom. The number of carbonyl (C=O) groups excluding carboxylic acids is 1. The number of benzene rings is 3. The zero-order chi connectivity index (χ0) is 21.3. The van der Waals surface area contributed by atoms with Gasteiger partial charge in [-0.05, 0) is 24.3 Å². The Bertz CT molecular complexity index is 1230. The van der Waals surface area contributed by atoms with Gasteiger partial charge in [0.15, 0.2) is 0 Å². The molecular weight excluding hydrogens is 390 g/mol. The van der Waals surface area contributed by atoms with Crippen molar-refractivity contribution in [3.63, 3.8) is 0 Å². The van der Waals surface area contributed by atoms with Gasteiger partial charge in [-0.2, -0.15) is 5.26 Å². The van der Waals surface area contributed by atoms with Gasteiger partial charge in [-0.3, -0.25) is 0 Å². The van der Waals surface area contributed by atoms with Gasteiger partial charge in [-0.1, -0.05) is 36.4 Å². The minimum absolute atomic E-state index is 0.0729. The molecular formula is C23H14F2N2O3. The third-order valence-corrected chi connectivity index (χ3v) is 4.71. The van der Waals surface area contributed by atoms with Crippen LogP contribution in [0.5, 0.6) is 11.5 Å². The maximum absolute atomic E-state index is 14.5. The zero-order valence-corrected chi connectivity index (χ0v) is 15.4. The monoisotopic (exact) mass is 404 g/mol. The number of nitriles is 1. The van der Waals surface area contributed by atoms with Crippen molar-refractivity contribution in [2.45, 2.75) is 5.92 Å². The number of nitrogens with two attached hydrogens (primary N) is 1. The number of fused-ring (bicyclic) bond motifs is 1. The molecule has 30 heavy (non-hydrogen) atoms. The number of nitrogens with zero attached hydrogens (tertiary/aromatic N) is 1. The van der Waals surface area contributed by atoms with E-state index in [-0.39, 0.29) is 34.1 Å². The lowest BCUT2D eigenvalue weighted by molar-refractivity contribution is 0.0729. The highest BCUT2D eigenvalue weighted by Crippen LogP contribution is 2.44. The van der Waals surface area contributed by atoms with E-state index in [1.165, 1.54) is 36.4 Å². The molecule has 3 aromatic carbocycles. The SMILES string of the molecule is N#CC1=C(N)Oc2cc(OC(=O)c3ccccc3F)ccc2C1c1ccccc1F.